The van der Waals surface area contributed by atoms with Crippen LogP contribution in [0.4, 0.5) is 0 Å². The van der Waals surface area contributed by atoms with Crippen molar-refractivity contribution in [1.82, 2.24) is 4.90 Å². The molecule has 1 aliphatic rings. The van der Waals surface area contributed by atoms with Crippen molar-refractivity contribution in [1.29, 1.82) is 0 Å². The molecule has 2 atom stereocenters. The molecule has 0 saturated carbocycles. The number of phenols is 1. The Labute approximate surface area is 137 Å². The van der Waals surface area contributed by atoms with Crippen LogP contribution in [0.2, 0.25) is 0 Å². The van der Waals surface area contributed by atoms with Gasteiger partial charge < -0.3 is 15.3 Å². The molecule has 3 N–H and O–H groups in total. The number of carboxylic acid groups (broad SMARTS) is 1. The minimum Gasteiger partial charge on any atom is -0.508 e. The summed E-state index contributed by atoms with van der Waals surface area (Å²) in [5, 5.41) is 29.7. The third kappa shape index (κ3) is 4.24. The smallest absolute Gasteiger partial charge is 0.313 e. The average Bonchev–Trinajstić information content (AvgIpc) is 2.47. The average molecular weight is 321 g/mol. The van der Waals surface area contributed by atoms with Crippen molar-refractivity contribution in [3.63, 3.8) is 0 Å². The van der Waals surface area contributed by atoms with Gasteiger partial charge in [-0.1, -0.05) is 26.0 Å². The lowest BCUT2D eigenvalue weighted by atomic mass is 9.72. The van der Waals surface area contributed by atoms with E-state index in [9.17, 15) is 20.1 Å². The molecule has 0 aliphatic carbocycles. The van der Waals surface area contributed by atoms with Gasteiger partial charge in [0, 0.05) is 19.6 Å². The van der Waals surface area contributed by atoms with E-state index in [4.69, 9.17) is 0 Å². The molecule has 1 heterocycles. The van der Waals surface area contributed by atoms with Crippen molar-refractivity contribution in [2.45, 2.75) is 45.8 Å². The van der Waals surface area contributed by atoms with Gasteiger partial charge in [-0.3, -0.25) is 9.69 Å². The number of nitrogens with zero attached hydrogens (tertiary/aromatic N) is 1. The summed E-state index contributed by atoms with van der Waals surface area (Å²) in [6.07, 6.45) is 0.920. The summed E-state index contributed by atoms with van der Waals surface area (Å²) < 4.78 is 0. The van der Waals surface area contributed by atoms with Crippen LogP contribution >= 0.6 is 0 Å². The molecular weight excluding hydrogens is 294 g/mol. The monoisotopic (exact) mass is 321 g/mol. The number of piperidine rings is 1. The van der Waals surface area contributed by atoms with Crippen molar-refractivity contribution >= 4 is 5.97 Å². The summed E-state index contributed by atoms with van der Waals surface area (Å²) in [4.78, 5) is 14.0. The van der Waals surface area contributed by atoms with Gasteiger partial charge >= 0.3 is 5.97 Å². The zero-order valence-corrected chi connectivity index (χ0v) is 13.9. The zero-order valence-electron chi connectivity index (χ0n) is 13.9. The third-order valence-corrected chi connectivity index (χ3v) is 4.77. The Morgan fingerprint density at radius 3 is 2.78 bits per heavy atom. The van der Waals surface area contributed by atoms with Crippen LogP contribution in [0.25, 0.3) is 0 Å². The molecule has 1 saturated heterocycles. The van der Waals surface area contributed by atoms with Crippen molar-refractivity contribution in [2.24, 2.45) is 11.3 Å². The van der Waals surface area contributed by atoms with Crippen molar-refractivity contribution < 1.29 is 20.1 Å². The number of aromatic hydroxyl groups is 1. The molecule has 23 heavy (non-hydrogen) atoms. The van der Waals surface area contributed by atoms with E-state index >= 15 is 0 Å². The minimum absolute atomic E-state index is 0.212. The lowest BCUT2D eigenvalue weighted by molar-refractivity contribution is -0.165. The Morgan fingerprint density at radius 2 is 2.17 bits per heavy atom. The van der Waals surface area contributed by atoms with Crippen LogP contribution in [-0.2, 0) is 11.3 Å². The summed E-state index contributed by atoms with van der Waals surface area (Å²) in [6, 6.07) is 7.02. The Kier molecular flexibility index (Phi) is 5.65. The third-order valence-electron chi connectivity index (χ3n) is 4.77. The van der Waals surface area contributed by atoms with Gasteiger partial charge in [0.05, 0.1) is 6.10 Å². The number of hydrogen-bond acceptors (Lipinski definition) is 4. The maximum absolute atomic E-state index is 11.9. The maximum Gasteiger partial charge on any atom is 0.313 e. The Bertz CT molecular complexity index is 546. The van der Waals surface area contributed by atoms with Crippen LogP contribution in [-0.4, -0.2) is 45.4 Å². The van der Waals surface area contributed by atoms with Gasteiger partial charge in [0.25, 0.3) is 0 Å². The first-order chi connectivity index (χ1) is 10.8. The second-order valence-electron chi connectivity index (χ2n) is 7.08. The second kappa shape index (κ2) is 7.32. The number of aliphatic hydroxyl groups excluding tert-OH is 1. The Hall–Kier alpha value is -1.59. The number of hydrogen-bond donors (Lipinski definition) is 3. The molecule has 128 valence electrons. The van der Waals surface area contributed by atoms with Crippen molar-refractivity contribution in [2.75, 3.05) is 13.1 Å². The molecular formula is C18H27NO4. The lowest BCUT2D eigenvalue weighted by Crippen LogP contribution is -2.55. The minimum atomic E-state index is -1.10. The SMILES string of the molecule is CC(C)CC[C@@]1(C(=O)O)CN(Cc2cccc(O)c2)CC[C@@H]1O. The summed E-state index contributed by atoms with van der Waals surface area (Å²) in [7, 11) is 0. The number of aliphatic hydroxyl groups is 1. The largest absolute Gasteiger partial charge is 0.508 e. The van der Waals surface area contributed by atoms with E-state index in [1.54, 1.807) is 18.2 Å². The van der Waals surface area contributed by atoms with E-state index < -0.39 is 17.5 Å². The molecule has 1 fully saturated rings. The highest BCUT2D eigenvalue weighted by Gasteiger charge is 2.48. The molecule has 1 aliphatic heterocycles. The van der Waals surface area contributed by atoms with E-state index in [0.717, 1.165) is 12.0 Å². The number of carbonyl (C=O) groups is 1. The normalized spacial score (nSPS) is 25.7. The van der Waals surface area contributed by atoms with Crippen LogP contribution in [0.3, 0.4) is 0 Å². The fourth-order valence-electron chi connectivity index (χ4n) is 3.32. The van der Waals surface area contributed by atoms with Gasteiger partial charge in [0.1, 0.15) is 11.2 Å². The number of phenolic OH excluding ortho intramolecular Hbond substituents is 1. The summed E-state index contributed by atoms with van der Waals surface area (Å²) >= 11 is 0. The standard InChI is InChI=1S/C18H27NO4/c1-13(2)6-8-18(17(22)23)12-19(9-7-16(18)21)11-14-4-3-5-15(20)10-14/h3-5,10,13,16,20-21H,6-9,11-12H2,1-2H3,(H,22,23)/t16-,18+/m0/s1. The predicted octanol–water partition coefficient (Wildman–Crippen LogP) is 2.47. The van der Waals surface area contributed by atoms with Crippen molar-refractivity contribution in [3.8, 4) is 5.75 Å². The number of carboxylic acids is 1. The Balaban J connectivity index is 2.13. The molecule has 0 aromatic heterocycles. The van der Waals surface area contributed by atoms with Crippen LogP contribution in [0.15, 0.2) is 24.3 Å². The summed E-state index contributed by atoms with van der Waals surface area (Å²) in [5.41, 5.74) is -0.149. The molecule has 5 heteroatoms. The maximum atomic E-state index is 11.9. The molecule has 5 nitrogen and oxygen atoms in total. The molecule has 2 rings (SSSR count). The highest BCUT2D eigenvalue weighted by atomic mass is 16.4. The number of rotatable bonds is 6. The van der Waals surface area contributed by atoms with Gasteiger partial charge in [-0.05, 0) is 42.9 Å². The highest BCUT2D eigenvalue weighted by molar-refractivity contribution is 5.76. The zero-order chi connectivity index (χ0) is 17.0. The van der Waals surface area contributed by atoms with Crippen LogP contribution in [0.1, 0.15) is 38.7 Å². The fraction of sp³-hybridized carbons (Fsp3) is 0.611. The van der Waals surface area contributed by atoms with Gasteiger partial charge in [-0.25, -0.2) is 0 Å². The predicted molar refractivity (Wildman–Crippen MR) is 88.1 cm³/mol. The summed E-state index contributed by atoms with van der Waals surface area (Å²) in [6.45, 7) is 5.71. The molecule has 0 amide bonds. The first kappa shape index (κ1) is 17.8. The number of likely N-dealkylation sites (tertiary alicyclic amines) is 1. The number of aliphatic carboxylic acids is 1. The second-order valence-corrected chi connectivity index (χ2v) is 7.08. The Morgan fingerprint density at radius 1 is 1.43 bits per heavy atom. The molecule has 1 aromatic rings. The first-order valence-electron chi connectivity index (χ1n) is 8.25. The quantitative estimate of drug-likeness (QED) is 0.750. The van der Waals surface area contributed by atoms with E-state index in [1.807, 2.05) is 6.07 Å². The van der Waals surface area contributed by atoms with E-state index in [0.29, 0.717) is 38.4 Å². The van der Waals surface area contributed by atoms with Crippen molar-refractivity contribution in [3.05, 3.63) is 29.8 Å². The van der Waals surface area contributed by atoms with E-state index in [2.05, 4.69) is 18.7 Å². The molecule has 0 spiro atoms. The first-order valence-corrected chi connectivity index (χ1v) is 8.25. The fourth-order valence-corrected chi connectivity index (χ4v) is 3.32. The number of benzene rings is 1. The van der Waals surface area contributed by atoms with Gasteiger partial charge in [-0.15, -0.1) is 0 Å². The summed E-state index contributed by atoms with van der Waals surface area (Å²) in [5.74, 6) is -0.296. The van der Waals surface area contributed by atoms with E-state index in [1.165, 1.54) is 0 Å². The van der Waals surface area contributed by atoms with Crippen LogP contribution in [0.5, 0.6) is 5.75 Å². The molecule has 1 aromatic carbocycles. The molecule has 0 bridgehead atoms. The van der Waals surface area contributed by atoms with E-state index in [-0.39, 0.29) is 5.75 Å². The van der Waals surface area contributed by atoms with Crippen LogP contribution in [0, 0.1) is 11.3 Å². The molecule has 0 radical (unpaired) electrons. The van der Waals surface area contributed by atoms with Gasteiger partial charge in [0.15, 0.2) is 0 Å². The lowest BCUT2D eigenvalue weighted by Gasteiger charge is -2.43. The van der Waals surface area contributed by atoms with Gasteiger partial charge in [0.2, 0.25) is 0 Å². The van der Waals surface area contributed by atoms with Crippen LogP contribution < -0.4 is 0 Å². The molecule has 0 unspecified atom stereocenters. The topological polar surface area (TPSA) is 81.0 Å². The highest BCUT2D eigenvalue weighted by Crippen LogP contribution is 2.37. The van der Waals surface area contributed by atoms with Gasteiger partial charge in [-0.2, -0.15) is 0 Å².